The molecule has 96 valence electrons. The van der Waals surface area contributed by atoms with E-state index < -0.39 is 6.04 Å². The van der Waals surface area contributed by atoms with Crippen LogP contribution >= 0.6 is 28.3 Å². The summed E-state index contributed by atoms with van der Waals surface area (Å²) in [4.78, 5) is 11.1. The Morgan fingerprint density at radius 3 is 2.88 bits per heavy atom. The molecule has 1 amide bonds. The minimum atomic E-state index is -0.481. The van der Waals surface area contributed by atoms with Crippen LogP contribution in [0.2, 0.25) is 0 Å². The summed E-state index contributed by atoms with van der Waals surface area (Å²) in [5, 5.41) is 2.67. The molecule has 17 heavy (non-hydrogen) atoms. The Bertz CT molecular complexity index is 361. The third kappa shape index (κ3) is 6.51. The van der Waals surface area contributed by atoms with Gasteiger partial charge in [-0.1, -0.05) is 22.0 Å². The molecule has 0 saturated carbocycles. The van der Waals surface area contributed by atoms with Crippen LogP contribution in [-0.4, -0.2) is 25.1 Å². The number of carbonyl (C=O) groups excluding carboxylic acids is 1. The van der Waals surface area contributed by atoms with Gasteiger partial charge >= 0.3 is 0 Å². The zero-order valence-corrected chi connectivity index (χ0v) is 11.9. The van der Waals surface area contributed by atoms with Gasteiger partial charge in [0.15, 0.2) is 0 Å². The first kappa shape index (κ1) is 16.2. The zero-order chi connectivity index (χ0) is 12.0. The Hall–Kier alpha value is -0.780. The van der Waals surface area contributed by atoms with Gasteiger partial charge in [0.05, 0.1) is 12.6 Å². The second kappa shape index (κ2) is 8.33. The maximum atomic E-state index is 11.1. The van der Waals surface area contributed by atoms with Crippen LogP contribution in [0, 0.1) is 0 Å². The van der Waals surface area contributed by atoms with Crippen LogP contribution < -0.4 is 15.8 Å². The van der Waals surface area contributed by atoms with Crippen molar-refractivity contribution < 1.29 is 9.53 Å². The minimum Gasteiger partial charge on any atom is -0.492 e. The highest BCUT2D eigenvalue weighted by Crippen LogP contribution is 2.17. The molecule has 0 aliphatic heterocycles. The third-order valence-corrected chi connectivity index (χ3v) is 2.37. The van der Waals surface area contributed by atoms with Crippen LogP contribution in [0.15, 0.2) is 28.7 Å². The summed E-state index contributed by atoms with van der Waals surface area (Å²) < 4.78 is 6.39. The highest BCUT2D eigenvalue weighted by atomic mass is 79.9. The Kier molecular flexibility index (Phi) is 7.95. The number of nitrogens with one attached hydrogen (secondary N) is 1. The number of nitrogens with two attached hydrogens (primary N) is 1. The molecule has 6 heteroatoms. The molecule has 0 bridgehead atoms. The second-order valence-electron chi connectivity index (χ2n) is 3.39. The first-order valence-electron chi connectivity index (χ1n) is 5.01. The van der Waals surface area contributed by atoms with E-state index in [1.54, 1.807) is 6.92 Å². The summed E-state index contributed by atoms with van der Waals surface area (Å²) in [6, 6.07) is 7.06. The standard InChI is InChI=1S/C11H15BrN2O2.ClH/c1-8(13)11(15)14-5-6-16-10-4-2-3-9(12)7-10;/h2-4,7-8H,5-6,13H2,1H3,(H,14,15);1H. The lowest BCUT2D eigenvalue weighted by Crippen LogP contribution is -2.40. The van der Waals surface area contributed by atoms with Crippen LogP contribution in [0.3, 0.4) is 0 Å². The van der Waals surface area contributed by atoms with Crippen LogP contribution in [0.1, 0.15) is 6.92 Å². The fraction of sp³-hybridized carbons (Fsp3) is 0.364. The molecule has 0 aliphatic carbocycles. The van der Waals surface area contributed by atoms with Crippen molar-refractivity contribution in [3.63, 3.8) is 0 Å². The second-order valence-corrected chi connectivity index (χ2v) is 4.30. The fourth-order valence-electron chi connectivity index (χ4n) is 1.06. The topological polar surface area (TPSA) is 64.4 Å². The average Bonchev–Trinajstić information content (AvgIpc) is 2.24. The SMILES string of the molecule is CC(N)C(=O)NCCOc1cccc(Br)c1.Cl. The van der Waals surface area contributed by atoms with Crippen molar-refractivity contribution in [2.75, 3.05) is 13.2 Å². The van der Waals surface area contributed by atoms with E-state index in [2.05, 4.69) is 21.2 Å². The summed E-state index contributed by atoms with van der Waals surface area (Å²) in [7, 11) is 0. The van der Waals surface area contributed by atoms with E-state index in [9.17, 15) is 4.79 Å². The molecule has 0 saturated heterocycles. The molecule has 1 aromatic rings. The number of carbonyl (C=O) groups is 1. The predicted octanol–water partition coefficient (Wildman–Crippen LogP) is 1.71. The summed E-state index contributed by atoms with van der Waals surface area (Å²) in [5.74, 6) is 0.599. The molecule has 1 rings (SSSR count). The number of ether oxygens (including phenoxy) is 1. The summed E-state index contributed by atoms with van der Waals surface area (Å²) in [6.07, 6.45) is 0. The minimum absolute atomic E-state index is 0. The number of amides is 1. The maximum absolute atomic E-state index is 11.1. The first-order valence-corrected chi connectivity index (χ1v) is 5.80. The summed E-state index contributed by atoms with van der Waals surface area (Å²) in [5.41, 5.74) is 5.39. The molecule has 1 atom stereocenters. The molecule has 1 aromatic carbocycles. The van der Waals surface area contributed by atoms with Crippen LogP contribution in [0.5, 0.6) is 5.75 Å². The van der Waals surface area contributed by atoms with Crippen molar-refractivity contribution in [3.05, 3.63) is 28.7 Å². The van der Waals surface area contributed by atoms with Crippen LogP contribution in [0.4, 0.5) is 0 Å². The molecule has 0 spiro atoms. The van der Waals surface area contributed by atoms with Gasteiger partial charge in [0.2, 0.25) is 5.91 Å². The van der Waals surface area contributed by atoms with Gasteiger partial charge in [-0.3, -0.25) is 4.79 Å². The van der Waals surface area contributed by atoms with Gasteiger partial charge in [0, 0.05) is 4.47 Å². The Morgan fingerprint density at radius 2 is 2.29 bits per heavy atom. The van der Waals surface area contributed by atoms with Gasteiger partial charge in [-0.2, -0.15) is 0 Å². The molecule has 3 N–H and O–H groups in total. The van der Waals surface area contributed by atoms with Gasteiger partial charge in [-0.25, -0.2) is 0 Å². The Balaban J connectivity index is 0.00000256. The maximum Gasteiger partial charge on any atom is 0.236 e. The van der Waals surface area contributed by atoms with E-state index in [4.69, 9.17) is 10.5 Å². The highest BCUT2D eigenvalue weighted by molar-refractivity contribution is 9.10. The van der Waals surface area contributed by atoms with Gasteiger partial charge in [0.1, 0.15) is 12.4 Å². The Morgan fingerprint density at radius 1 is 1.59 bits per heavy atom. The number of benzene rings is 1. The molecular weight excluding hydrogens is 307 g/mol. The Labute approximate surface area is 115 Å². The molecule has 1 unspecified atom stereocenters. The lowest BCUT2D eigenvalue weighted by Gasteiger charge is -2.09. The van der Waals surface area contributed by atoms with Crippen LogP contribution in [0.25, 0.3) is 0 Å². The predicted molar refractivity (Wildman–Crippen MR) is 73.5 cm³/mol. The van der Waals surface area contributed by atoms with Crippen molar-refractivity contribution in [2.24, 2.45) is 5.73 Å². The molecule has 0 fully saturated rings. The van der Waals surface area contributed by atoms with Gasteiger partial charge in [-0.05, 0) is 25.1 Å². The normalized spacial score (nSPS) is 11.2. The van der Waals surface area contributed by atoms with E-state index in [0.717, 1.165) is 10.2 Å². The molecular formula is C11H16BrClN2O2. The molecule has 0 radical (unpaired) electrons. The average molecular weight is 324 g/mol. The molecule has 0 heterocycles. The number of hydrogen-bond donors (Lipinski definition) is 2. The number of halogens is 2. The van der Waals surface area contributed by atoms with Crippen molar-refractivity contribution >= 4 is 34.2 Å². The lowest BCUT2D eigenvalue weighted by atomic mass is 10.3. The highest BCUT2D eigenvalue weighted by Gasteiger charge is 2.05. The van der Waals surface area contributed by atoms with E-state index in [1.165, 1.54) is 0 Å². The number of rotatable bonds is 5. The molecule has 4 nitrogen and oxygen atoms in total. The smallest absolute Gasteiger partial charge is 0.236 e. The van der Waals surface area contributed by atoms with Crippen molar-refractivity contribution in [2.45, 2.75) is 13.0 Å². The molecule has 0 aliphatic rings. The zero-order valence-electron chi connectivity index (χ0n) is 9.48. The largest absolute Gasteiger partial charge is 0.492 e. The van der Waals surface area contributed by atoms with Crippen molar-refractivity contribution in [1.29, 1.82) is 0 Å². The van der Waals surface area contributed by atoms with Crippen molar-refractivity contribution in [3.8, 4) is 5.75 Å². The van der Waals surface area contributed by atoms with E-state index in [1.807, 2.05) is 24.3 Å². The monoisotopic (exact) mass is 322 g/mol. The van der Waals surface area contributed by atoms with Gasteiger partial charge < -0.3 is 15.8 Å². The van der Waals surface area contributed by atoms with E-state index in [0.29, 0.717) is 13.2 Å². The first-order chi connectivity index (χ1) is 7.59. The summed E-state index contributed by atoms with van der Waals surface area (Å²) >= 11 is 3.35. The van der Waals surface area contributed by atoms with E-state index in [-0.39, 0.29) is 18.3 Å². The summed E-state index contributed by atoms with van der Waals surface area (Å²) in [6.45, 7) is 2.52. The van der Waals surface area contributed by atoms with E-state index >= 15 is 0 Å². The van der Waals surface area contributed by atoms with Gasteiger partial charge in [0.25, 0.3) is 0 Å². The third-order valence-electron chi connectivity index (χ3n) is 1.88. The van der Waals surface area contributed by atoms with Crippen molar-refractivity contribution in [1.82, 2.24) is 5.32 Å². The quantitative estimate of drug-likeness (QED) is 0.811. The lowest BCUT2D eigenvalue weighted by molar-refractivity contribution is -0.122. The fourth-order valence-corrected chi connectivity index (χ4v) is 1.44. The number of hydrogen-bond acceptors (Lipinski definition) is 3. The van der Waals surface area contributed by atoms with Crippen LogP contribution in [-0.2, 0) is 4.79 Å². The van der Waals surface area contributed by atoms with Gasteiger partial charge in [-0.15, -0.1) is 12.4 Å². The molecule has 0 aromatic heterocycles.